The van der Waals surface area contributed by atoms with Crippen molar-refractivity contribution in [2.75, 3.05) is 18.2 Å². The first kappa shape index (κ1) is 14.5. The number of ether oxygens (including phenoxy) is 1. The monoisotopic (exact) mass is 289 g/mol. The van der Waals surface area contributed by atoms with Crippen LogP contribution in [0.15, 0.2) is 30.3 Å². The van der Waals surface area contributed by atoms with Gasteiger partial charge in [-0.2, -0.15) is 0 Å². The van der Waals surface area contributed by atoms with E-state index in [1.54, 1.807) is 31.2 Å². The number of nitrogens with one attached hydrogen (secondary N) is 1. The Labute approximate surface area is 120 Å². The number of carbonyl (C=O) groups is 2. The number of carbonyl (C=O) groups excluding carboxylic acids is 2. The summed E-state index contributed by atoms with van der Waals surface area (Å²) in [6, 6.07) is 8.25. The molecule has 0 bridgehead atoms. The summed E-state index contributed by atoms with van der Waals surface area (Å²) in [5, 5.41) is 10.1. The second-order valence-corrected chi connectivity index (χ2v) is 4.29. The maximum Gasteiger partial charge on any atom is 0.362 e. The number of benzene rings is 1. The van der Waals surface area contributed by atoms with E-state index in [-0.39, 0.29) is 17.4 Å². The van der Waals surface area contributed by atoms with Gasteiger partial charge in [-0.25, -0.2) is 9.48 Å². The fourth-order valence-electron chi connectivity index (χ4n) is 1.71. The molecule has 1 amide bonds. The Kier molecular flexibility index (Phi) is 4.17. The third-order valence-corrected chi connectivity index (χ3v) is 2.90. The molecule has 3 N–H and O–H groups in total. The summed E-state index contributed by atoms with van der Waals surface area (Å²) in [5.41, 5.74) is 6.31. The van der Waals surface area contributed by atoms with E-state index in [0.717, 1.165) is 0 Å². The maximum atomic E-state index is 12.1. The van der Waals surface area contributed by atoms with Crippen molar-refractivity contribution in [2.24, 2.45) is 0 Å². The van der Waals surface area contributed by atoms with Gasteiger partial charge in [-0.15, -0.1) is 5.10 Å². The zero-order chi connectivity index (χ0) is 15.4. The van der Waals surface area contributed by atoms with Crippen molar-refractivity contribution in [3.63, 3.8) is 0 Å². The average Bonchev–Trinajstić information content (AvgIpc) is 2.88. The molecular formula is C13H15N5O3. The van der Waals surface area contributed by atoms with Gasteiger partial charge in [-0.3, -0.25) is 4.79 Å². The van der Waals surface area contributed by atoms with E-state index in [4.69, 9.17) is 5.73 Å². The molecule has 1 unspecified atom stereocenters. The molecule has 8 nitrogen and oxygen atoms in total. The molecule has 1 aromatic carbocycles. The summed E-state index contributed by atoms with van der Waals surface area (Å²) >= 11 is 0. The first-order chi connectivity index (χ1) is 10.0. The minimum absolute atomic E-state index is 0.0161. The van der Waals surface area contributed by atoms with Gasteiger partial charge in [-0.05, 0) is 19.1 Å². The molecule has 1 aromatic heterocycles. The molecule has 0 fully saturated rings. The number of methoxy groups -OCH3 is 1. The molecule has 2 rings (SSSR count). The molecule has 0 aliphatic carbocycles. The van der Waals surface area contributed by atoms with Crippen LogP contribution in [0.1, 0.15) is 23.5 Å². The number of hydrogen-bond donors (Lipinski definition) is 2. The molecule has 0 aliphatic heterocycles. The highest BCUT2D eigenvalue weighted by Crippen LogP contribution is 2.17. The first-order valence-electron chi connectivity index (χ1n) is 6.19. The number of amides is 1. The maximum absolute atomic E-state index is 12.1. The third kappa shape index (κ3) is 2.99. The van der Waals surface area contributed by atoms with Crippen molar-refractivity contribution in [1.29, 1.82) is 0 Å². The Bertz CT molecular complexity index is 653. The number of nitrogens with two attached hydrogens (primary N) is 1. The molecule has 0 saturated heterocycles. The van der Waals surface area contributed by atoms with Gasteiger partial charge >= 0.3 is 5.97 Å². The number of nitrogen functional groups attached to an aromatic ring is 1. The van der Waals surface area contributed by atoms with E-state index in [1.165, 1.54) is 11.8 Å². The van der Waals surface area contributed by atoms with Crippen molar-refractivity contribution in [3.8, 4) is 0 Å². The molecule has 110 valence electrons. The number of anilines is 2. The van der Waals surface area contributed by atoms with E-state index >= 15 is 0 Å². The van der Waals surface area contributed by atoms with Crippen LogP contribution in [0.25, 0.3) is 0 Å². The van der Waals surface area contributed by atoms with Crippen LogP contribution in [0.5, 0.6) is 0 Å². The summed E-state index contributed by atoms with van der Waals surface area (Å²) in [4.78, 5) is 23.6. The largest absolute Gasteiger partial charge is 0.464 e. The van der Waals surface area contributed by atoms with Gasteiger partial charge in [0.2, 0.25) is 11.6 Å². The number of rotatable bonds is 4. The molecule has 0 spiro atoms. The van der Waals surface area contributed by atoms with Crippen LogP contribution in [-0.4, -0.2) is 34.0 Å². The van der Waals surface area contributed by atoms with Crippen molar-refractivity contribution in [1.82, 2.24) is 15.0 Å². The van der Waals surface area contributed by atoms with Gasteiger partial charge in [-0.1, -0.05) is 23.4 Å². The number of para-hydroxylation sites is 1. The van der Waals surface area contributed by atoms with Crippen LogP contribution in [0, 0.1) is 0 Å². The highest BCUT2D eigenvalue weighted by Gasteiger charge is 2.24. The lowest BCUT2D eigenvalue weighted by molar-refractivity contribution is -0.119. The van der Waals surface area contributed by atoms with E-state index < -0.39 is 12.0 Å². The fraction of sp³-hybridized carbons (Fsp3) is 0.231. The van der Waals surface area contributed by atoms with Crippen molar-refractivity contribution < 1.29 is 14.3 Å². The highest BCUT2D eigenvalue weighted by atomic mass is 16.5. The van der Waals surface area contributed by atoms with Crippen LogP contribution < -0.4 is 11.1 Å². The van der Waals surface area contributed by atoms with Crippen molar-refractivity contribution in [3.05, 3.63) is 36.0 Å². The normalized spacial score (nSPS) is 11.7. The van der Waals surface area contributed by atoms with E-state index in [2.05, 4.69) is 20.4 Å². The summed E-state index contributed by atoms with van der Waals surface area (Å²) in [6.45, 7) is 1.60. The topological polar surface area (TPSA) is 112 Å². The smallest absolute Gasteiger partial charge is 0.362 e. The summed E-state index contributed by atoms with van der Waals surface area (Å²) in [6.07, 6.45) is 0. The third-order valence-electron chi connectivity index (χ3n) is 2.90. The molecular weight excluding hydrogens is 274 g/mol. The van der Waals surface area contributed by atoms with Crippen LogP contribution in [0.3, 0.4) is 0 Å². The van der Waals surface area contributed by atoms with Gasteiger partial charge in [0.05, 0.1) is 7.11 Å². The Hall–Kier alpha value is -2.90. The Morgan fingerprint density at radius 1 is 1.33 bits per heavy atom. The van der Waals surface area contributed by atoms with Crippen LogP contribution in [0.2, 0.25) is 0 Å². The molecule has 0 aliphatic rings. The molecule has 1 atom stereocenters. The van der Waals surface area contributed by atoms with E-state index in [9.17, 15) is 9.59 Å². The highest BCUT2D eigenvalue weighted by molar-refractivity contribution is 5.95. The van der Waals surface area contributed by atoms with Gasteiger partial charge in [0.1, 0.15) is 6.04 Å². The van der Waals surface area contributed by atoms with Gasteiger partial charge in [0.25, 0.3) is 0 Å². The quantitative estimate of drug-likeness (QED) is 0.807. The molecule has 0 radical (unpaired) electrons. The lowest BCUT2D eigenvalue weighted by Crippen LogP contribution is -2.25. The Balaban J connectivity index is 2.16. The zero-order valence-corrected chi connectivity index (χ0v) is 11.6. The predicted molar refractivity (Wildman–Crippen MR) is 75.6 cm³/mol. The lowest BCUT2D eigenvalue weighted by Gasteiger charge is -2.13. The molecule has 21 heavy (non-hydrogen) atoms. The number of esters is 1. The predicted octanol–water partition coefficient (Wildman–Crippen LogP) is 0.847. The summed E-state index contributed by atoms with van der Waals surface area (Å²) < 4.78 is 5.70. The lowest BCUT2D eigenvalue weighted by atomic mass is 10.2. The fourth-order valence-corrected chi connectivity index (χ4v) is 1.71. The summed E-state index contributed by atoms with van der Waals surface area (Å²) in [7, 11) is 1.21. The number of nitrogens with zero attached hydrogens (tertiary/aromatic N) is 3. The molecule has 8 heteroatoms. The SMILES string of the molecule is COC(=O)c1nnn(C(C)C(=O)Nc2ccccc2)c1N. The van der Waals surface area contributed by atoms with Crippen molar-refractivity contribution >= 4 is 23.4 Å². The van der Waals surface area contributed by atoms with Crippen molar-refractivity contribution in [2.45, 2.75) is 13.0 Å². The van der Waals surface area contributed by atoms with Crippen LogP contribution >= 0.6 is 0 Å². The zero-order valence-electron chi connectivity index (χ0n) is 11.6. The Morgan fingerprint density at radius 2 is 2.00 bits per heavy atom. The van der Waals surface area contributed by atoms with Crippen LogP contribution in [0.4, 0.5) is 11.5 Å². The van der Waals surface area contributed by atoms with Gasteiger partial charge in [0, 0.05) is 5.69 Å². The Morgan fingerprint density at radius 3 is 2.62 bits per heavy atom. The van der Waals surface area contributed by atoms with Crippen LogP contribution in [-0.2, 0) is 9.53 Å². The average molecular weight is 289 g/mol. The minimum atomic E-state index is -0.726. The summed E-state index contributed by atoms with van der Waals surface area (Å²) in [5.74, 6) is -1.04. The van der Waals surface area contributed by atoms with Gasteiger partial charge < -0.3 is 15.8 Å². The second kappa shape index (κ2) is 6.04. The minimum Gasteiger partial charge on any atom is -0.464 e. The van der Waals surface area contributed by atoms with E-state index in [0.29, 0.717) is 5.69 Å². The molecule has 2 aromatic rings. The van der Waals surface area contributed by atoms with Gasteiger partial charge in [0.15, 0.2) is 5.82 Å². The standard InChI is InChI=1S/C13H15N5O3/c1-8(12(19)15-9-6-4-3-5-7-9)18-11(14)10(16-17-18)13(20)21-2/h3-8H,14H2,1-2H3,(H,15,19). The number of aromatic nitrogens is 3. The first-order valence-corrected chi connectivity index (χ1v) is 6.19. The van der Waals surface area contributed by atoms with E-state index in [1.807, 2.05) is 6.07 Å². The molecule has 1 heterocycles. The molecule has 0 saturated carbocycles. The number of hydrogen-bond acceptors (Lipinski definition) is 6. The second-order valence-electron chi connectivity index (χ2n) is 4.29.